The van der Waals surface area contributed by atoms with Crippen LogP contribution in [0.2, 0.25) is 0 Å². The Morgan fingerprint density at radius 2 is 1.64 bits per heavy atom. The smallest absolute Gasteiger partial charge is 0.491 e. The lowest BCUT2D eigenvalue weighted by Crippen LogP contribution is -2.41. The third-order valence-corrected chi connectivity index (χ3v) is 6.00. The molecule has 1 aliphatic rings. The van der Waals surface area contributed by atoms with E-state index in [-0.39, 0.29) is 11.7 Å². The molecular weight excluding hydrogens is 379 g/mol. The fourth-order valence-electron chi connectivity index (χ4n) is 2.77. The monoisotopic (exact) mass is 408 g/mol. The molecule has 0 atom stereocenters. The number of carbonyl (C=O) groups is 1. The van der Waals surface area contributed by atoms with E-state index in [1.54, 1.807) is 26.4 Å². The quantitative estimate of drug-likeness (QED) is 0.693. The molecule has 0 spiro atoms. The molecule has 0 radical (unpaired) electrons. The Morgan fingerprint density at radius 1 is 1.14 bits per heavy atom. The molecule has 154 valence electrons. The van der Waals surface area contributed by atoms with Crippen molar-refractivity contribution in [2.24, 2.45) is 0 Å². The van der Waals surface area contributed by atoms with Gasteiger partial charge in [0.05, 0.1) is 37.6 Å². The van der Waals surface area contributed by atoms with E-state index in [9.17, 15) is 9.90 Å². The standard InChI is InChI=1S/C20H29BO6S/c1-13(23)28-12-15(21-26-19(2,3)20(4,5)27-21)10-16-17(24-6)8-14(11-22)9-18(16)25-7/h8-10,22H,11-12H2,1-7H3. The Kier molecular flexibility index (Phi) is 7.25. The number of ether oxygens (including phenoxy) is 2. The second-order valence-electron chi connectivity index (χ2n) is 7.66. The summed E-state index contributed by atoms with van der Waals surface area (Å²) < 4.78 is 23.4. The van der Waals surface area contributed by atoms with E-state index in [2.05, 4.69) is 0 Å². The largest absolute Gasteiger partial charge is 0.496 e. The van der Waals surface area contributed by atoms with Crippen LogP contribution < -0.4 is 9.47 Å². The van der Waals surface area contributed by atoms with Gasteiger partial charge in [0.1, 0.15) is 11.5 Å². The van der Waals surface area contributed by atoms with E-state index < -0.39 is 18.3 Å². The van der Waals surface area contributed by atoms with Gasteiger partial charge in [-0.3, -0.25) is 4.79 Å². The number of hydrogen-bond acceptors (Lipinski definition) is 7. The van der Waals surface area contributed by atoms with Crippen LogP contribution in [-0.4, -0.2) is 48.5 Å². The van der Waals surface area contributed by atoms with E-state index in [0.717, 1.165) is 5.47 Å². The van der Waals surface area contributed by atoms with Crippen LogP contribution in [0.5, 0.6) is 11.5 Å². The van der Waals surface area contributed by atoms with E-state index in [1.165, 1.54) is 18.7 Å². The zero-order chi connectivity index (χ0) is 21.1. The number of carbonyl (C=O) groups excluding carboxylic acids is 1. The van der Waals surface area contributed by atoms with Gasteiger partial charge in [0.25, 0.3) is 0 Å². The van der Waals surface area contributed by atoms with Crippen molar-refractivity contribution in [2.45, 2.75) is 52.4 Å². The number of methoxy groups -OCH3 is 2. The lowest BCUT2D eigenvalue weighted by Gasteiger charge is -2.32. The average molecular weight is 408 g/mol. The first kappa shape index (κ1) is 22.8. The van der Waals surface area contributed by atoms with Gasteiger partial charge in [-0.15, -0.1) is 0 Å². The molecule has 0 aliphatic carbocycles. The highest BCUT2D eigenvalue weighted by Crippen LogP contribution is 2.41. The SMILES string of the molecule is COc1cc(CO)cc(OC)c1C=C(CSC(C)=O)B1OC(C)(C)C(C)(C)O1. The van der Waals surface area contributed by atoms with Crippen molar-refractivity contribution in [2.75, 3.05) is 20.0 Å². The van der Waals surface area contributed by atoms with Gasteiger partial charge >= 0.3 is 7.12 Å². The topological polar surface area (TPSA) is 74.2 Å². The zero-order valence-corrected chi connectivity index (χ0v) is 18.4. The molecule has 1 heterocycles. The third kappa shape index (κ3) is 4.92. The molecular formula is C20H29BO6S. The second-order valence-corrected chi connectivity index (χ2v) is 8.81. The van der Waals surface area contributed by atoms with Gasteiger partial charge in [0.15, 0.2) is 5.12 Å². The molecule has 1 saturated heterocycles. The van der Waals surface area contributed by atoms with Crippen LogP contribution in [-0.2, 0) is 20.7 Å². The van der Waals surface area contributed by atoms with Crippen LogP contribution in [0.1, 0.15) is 45.7 Å². The van der Waals surface area contributed by atoms with Gasteiger partial charge in [-0.25, -0.2) is 0 Å². The number of thioether (sulfide) groups is 1. The molecule has 1 fully saturated rings. The maximum atomic E-state index is 11.6. The Balaban J connectivity index is 2.53. The fraction of sp³-hybridized carbons (Fsp3) is 0.550. The predicted octanol–water partition coefficient (Wildman–Crippen LogP) is 3.49. The molecule has 0 aromatic heterocycles. The van der Waals surface area contributed by atoms with Crippen LogP contribution >= 0.6 is 11.8 Å². The zero-order valence-electron chi connectivity index (χ0n) is 17.6. The maximum Gasteiger partial charge on any atom is 0.491 e. The summed E-state index contributed by atoms with van der Waals surface area (Å²) in [4.78, 5) is 11.6. The first-order valence-corrected chi connectivity index (χ1v) is 10.1. The van der Waals surface area contributed by atoms with E-state index in [4.69, 9.17) is 18.8 Å². The highest BCUT2D eigenvalue weighted by atomic mass is 32.2. The lowest BCUT2D eigenvalue weighted by atomic mass is 9.78. The van der Waals surface area contributed by atoms with Crippen molar-refractivity contribution < 1.29 is 28.7 Å². The molecule has 2 rings (SSSR count). The number of aliphatic hydroxyl groups is 1. The van der Waals surface area contributed by atoms with Crippen molar-refractivity contribution in [1.29, 1.82) is 0 Å². The van der Waals surface area contributed by atoms with Gasteiger partial charge in [-0.1, -0.05) is 17.8 Å². The molecule has 0 bridgehead atoms. The van der Waals surface area contributed by atoms with Crippen molar-refractivity contribution >= 4 is 30.1 Å². The maximum absolute atomic E-state index is 11.6. The predicted molar refractivity (Wildman–Crippen MR) is 113 cm³/mol. The summed E-state index contributed by atoms with van der Waals surface area (Å²) in [7, 11) is 2.53. The van der Waals surface area contributed by atoms with E-state index in [0.29, 0.717) is 28.4 Å². The number of aliphatic hydroxyl groups excluding tert-OH is 1. The van der Waals surface area contributed by atoms with Gasteiger partial charge < -0.3 is 23.9 Å². The Hall–Kier alpha value is -1.48. The van der Waals surface area contributed by atoms with Gasteiger partial charge in [0.2, 0.25) is 0 Å². The highest BCUT2D eigenvalue weighted by Gasteiger charge is 2.52. The molecule has 0 amide bonds. The van der Waals surface area contributed by atoms with Crippen LogP contribution in [0.15, 0.2) is 17.6 Å². The second kappa shape index (κ2) is 8.90. The first-order chi connectivity index (χ1) is 13.0. The molecule has 6 nitrogen and oxygen atoms in total. The minimum Gasteiger partial charge on any atom is -0.496 e. The fourth-order valence-corrected chi connectivity index (χ4v) is 3.36. The van der Waals surface area contributed by atoms with Crippen molar-refractivity contribution in [1.82, 2.24) is 0 Å². The molecule has 0 unspecified atom stereocenters. The Bertz CT molecular complexity index is 718. The Morgan fingerprint density at radius 3 is 2.04 bits per heavy atom. The first-order valence-electron chi connectivity index (χ1n) is 9.10. The average Bonchev–Trinajstić information content (AvgIpc) is 2.85. The minimum atomic E-state index is -0.594. The summed E-state index contributed by atoms with van der Waals surface area (Å²) in [5.41, 5.74) is 1.20. The molecule has 1 aromatic rings. The normalized spacial score (nSPS) is 18.3. The number of rotatable bonds is 7. The summed E-state index contributed by atoms with van der Waals surface area (Å²) in [6.07, 6.45) is 1.89. The lowest BCUT2D eigenvalue weighted by molar-refractivity contribution is -0.109. The number of hydrogen-bond donors (Lipinski definition) is 1. The van der Waals surface area contributed by atoms with Crippen LogP contribution in [0, 0.1) is 0 Å². The number of benzene rings is 1. The summed E-state index contributed by atoms with van der Waals surface area (Å²) in [5, 5.41) is 9.49. The third-order valence-electron chi connectivity index (χ3n) is 5.11. The molecule has 8 heteroatoms. The molecule has 1 aliphatic heterocycles. The van der Waals surface area contributed by atoms with Crippen LogP contribution in [0.3, 0.4) is 0 Å². The van der Waals surface area contributed by atoms with Crippen molar-refractivity contribution in [3.8, 4) is 11.5 Å². The summed E-state index contributed by atoms with van der Waals surface area (Å²) in [6, 6.07) is 3.52. The summed E-state index contributed by atoms with van der Waals surface area (Å²) >= 11 is 1.19. The minimum absolute atomic E-state index is 0.0111. The van der Waals surface area contributed by atoms with E-state index >= 15 is 0 Å². The van der Waals surface area contributed by atoms with Gasteiger partial charge in [-0.2, -0.15) is 0 Å². The molecule has 1 N–H and O–H groups in total. The van der Waals surface area contributed by atoms with Crippen molar-refractivity contribution in [3.63, 3.8) is 0 Å². The van der Waals surface area contributed by atoms with E-state index in [1.807, 2.05) is 33.8 Å². The highest BCUT2D eigenvalue weighted by molar-refractivity contribution is 8.13. The van der Waals surface area contributed by atoms with Crippen LogP contribution in [0.25, 0.3) is 6.08 Å². The molecule has 1 aromatic carbocycles. The summed E-state index contributed by atoms with van der Waals surface area (Å²) in [6.45, 7) is 9.35. The van der Waals surface area contributed by atoms with Gasteiger partial charge in [-0.05, 0) is 50.9 Å². The van der Waals surface area contributed by atoms with Crippen LogP contribution in [0.4, 0.5) is 0 Å². The Labute approximate surface area is 171 Å². The van der Waals surface area contributed by atoms with Gasteiger partial charge in [0, 0.05) is 12.7 Å². The molecule has 0 saturated carbocycles. The summed E-state index contributed by atoms with van der Waals surface area (Å²) in [5.74, 6) is 1.54. The molecule has 28 heavy (non-hydrogen) atoms. The van der Waals surface area contributed by atoms with Crippen molar-refractivity contribution in [3.05, 3.63) is 28.7 Å².